The van der Waals surface area contributed by atoms with Crippen molar-refractivity contribution in [2.75, 3.05) is 5.32 Å². The number of aryl methyl sites for hydroxylation is 2. The number of amides is 1. The van der Waals surface area contributed by atoms with Gasteiger partial charge in [-0.2, -0.15) is 5.10 Å². The molecule has 3 aromatic carbocycles. The molecule has 5 heteroatoms. The normalized spacial score (nSPS) is 11.0. The second-order valence-corrected chi connectivity index (χ2v) is 7.29. The van der Waals surface area contributed by atoms with Crippen molar-refractivity contribution in [1.82, 2.24) is 9.78 Å². The molecule has 4 aromatic rings. The molecule has 0 radical (unpaired) electrons. The smallest absolute Gasteiger partial charge is 0.246 e. The first-order valence-electron chi connectivity index (χ1n) is 9.10. The number of hydrogen-bond acceptors (Lipinski definition) is 2. The zero-order valence-corrected chi connectivity index (χ0v) is 16.5. The summed E-state index contributed by atoms with van der Waals surface area (Å²) in [5.41, 5.74) is 5.61. The molecule has 1 aromatic heterocycles. The molecule has 0 fully saturated rings. The molecule has 4 nitrogen and oxygen atoms in total. The lowest BCUT2D eigenvalue weighted by atomic mass is 10.1. The minimum absolute atomic E-state index is 0.114. The van der Waals surface area contributed by atoms with E-state index in [1.165, 1.54) is 0 Å². The molecule has 140 valence electrons. The van der Waals surface area contributed by atoms with Crippen LogP contribution in [0.25, 0.3) is 22.2 Å². The minimum Gasteiger partial charge on any atom is -0.324 e. The molecule has 0 atom stereocenters. The summed E-state index contributed by atoms with van der Waals surface area (Å²) in [7, 11) is 0. The third-order valence-corrected chi connectivity index (χ3v) is 5.03. The Bertz CT molecular complexity index is 1150. The van der Waals surface area contributed by atoms with Crippen LogP contribution in [0.1, 0.15) is 11.1 Å². The van der Waals surface area contributed by atoms with Gasteiger partial charge in [0.25, 0.3) is 0 Å². The molecule has 1 heterocycles. The molecule has 0 bridgehead atoms. The molecule has 4 rings (SSSR count). The van der Waals surface area contributed by atoms with Crippen LogP contribution in [0, 0.1) is 13.8 Å². The van der Waals surface area contributed by atoms with Crippen LogP contribution in [0.2, 0.25) is 5.02 Å². The van der Waals surface area contributed by atoms with Crippen LogP contribution < -0.4 is 5.32 Å². The Morgan fingerprint density at radius 3 is 2.43 bits per heavy atom. The maximum atomic E-state index is 12.7. The number of carbonyl (C=O) groups is 1. The number of aromatic nitrogens is 2. The van der Waals surface area contributed by atoms with Gasteiger partial charge in [-0.3, -0.25) is 9.48 Å². The summed E-state index contributed by atoms with van der Waals surface area (Å²) in [4.78, 5) is 12.7. The topological polar surface area (TPSA) is 46.9 Å². The largest absolute Gasteiger partial charge is 0.324 e. The predicted octanol–water partition coefficient (Wildman–Crippen LogP) is 5.61. The van der Waals surface area contributed by atoms with E-state index in [4.69, 9.17) is 16.7 Å². The average molecular weight is 390 g/mol. The number of para-hydroxylation sites is 1. The van der Waals surface area contributed by atoms with Gasteiger partial charge in [0, 0.05) is 21.7 Å². The molecule has 0 saturated carbocycles. The number of fused-ring (bicyclic) bond motifs is 1. The van der Waals surface area contributed by atoms with E-state index in [0.717, 1.165) is 39.0 Å². The second-order valence-electron chi connectivity index (χ2n) is 6.85. The zero-order chi connectivity index (χ0) is 19.7. The SMILES string of the molecule is Cc1cccc(C)c1NC(=O)Cn1nc(-c2ccccc2)c2cc(Cl)ccc21. The van der Waals surface area contributed by atoms with Crippen molar-refractivity contribution in [3.05, 3.63) is 82.9 Å². The fourth-order valence-electron chi connectivity index (χ4n) is 3.41. The maximum absolute atomic E-state index is 12.7. The Morgan fingerprint density at radius 2 is 1.71 bits per heavy atom. The molecule has 0 spiro atoms. The monoisotopic (exact) mass is 389 g/mol. The average Bonchev–Trinajstić information content (AvgIpc) is 3.03. The van der Waals surface area contributed by atoms with Gasteiger partial charge < -0.3 is 5.32 Å². The van der Waals surface area contributed by atoms with E-state index >= 15 is 0 Å². The van der Waals surface area contributed by atoms with Crippen LogP contribution in [0.15, 0.2) is 66.7 Å². The minimum atomic E-state index is -0.114. The molecule has 0 aliphatic heterocycles. The number of rotatable bonds is 4. The van der Waals surface area contributed by atoms with Gasteiger partial charge in [0.2, 0.25) is 5.91 Å². The quantitative estimate of drug-likeness (QED) is 0.493. The van der Waals surface area contributed by atoms with Crippen LogP contribution in [0.5, 0.6) is 0 Å². The standard InChI is InChI=1S/C23H20ClN3O/c1-15-7-6-8-16(2)22(15)25-21(28)14-27-20-12-11-18(24)13-19(20)23(26-27)17-9-4-3-5-10-17/h3-13H,14H2,1-2H3,(H,25,28). The maximum Gasteiger partial charge on any atom is 0.246 e. The fourth-order valence-corrected chi connectivity index (χ4v) is 3.58. The van der Waals surface area contributed by atoms with Crippen molar-refractivity contribution >= 4 is 34.1 Å². The molecule has 0 aliphatic carbocycles. The second kappa shape index (κ2) is 7.49. The van der Waals surface area contributed by atoms with E-state index in [9.17, 15) is 4.79 Å². The van der Waals surface area contributed by atoms with Gasteiger partial charge in [0.15, 0.2) is 0 Å². The number of nitrogens with one attached hydrogen (secondary N) is 1. The molecular formula is C23H20ClN3O. The number of anilines is 1. The highest BCUT2D eigenvalue weighted by atomic mass is 35.5. The van der Waals surface area contributed by atoms with E-state index in [0.29, 0.717) is 5.02 Å². The lowest BCUT2D eigenvalue weighted by Crippen LogP contribution is -2.20. The van der Waals surface area contributed by atoms with Crippen molar-refractivity contribution in [3.8, 4) is 11.3 Å². The molecule has 0 saturated heterocycles. The van der Waals surface area contributed by atoms with Gasteiger partial charge in [0.1, 0.15) is 12.2 Å². The summed E-state index contributed by atoms with van der Waals surface area (Å²) >= 11 is 6.22. The lowest BCUT2D eigenvalue weighted by molar-refractivity contribution is -0.116. The third kappa shape index (κ3) is 3.51. The first-order valence-corrected chi connectivity index (χ1v) is 9.48. The van der Waals surface area contributed by atoms with Crippen molar-refractivity contribution < 1.29 is 4.79 Å². The van der Waals surface area contributed by atoms with Gasteiger partial charge in [0.05, 0.1) is 5.52 Å². The van der Waals surface area contributed by atoms with Gasteiger partial charge in [-0.15, -0.1) is 0 Å². The Kier molecular flexibility index (Phi) is 4.88. The Balaban J connectivity index is 1.70. The van der Waals surface area contributed by atoms with E-state index in [1.54, 1.807) is 4.68 Å². The lowest BCUT2D eigenvalue weighted by Gasteiger charge is -2.11. The molecule has 0 aliphatic rings. The highest BCUT2D eigenvalue weighted by Crippen LogP contribution is 2.30. The first-order chi connectivity index (χ1) is 13.5. The summed E-state index contributed by atoms with van der Waals surface area (Å²) in [6.07, 6.45) is 0. The van der Waals surface area contributed by atoms with Crippen LogP contribution >= 0.6 is 11.6 Å². The van der Waals surface area contributed by atoms with Crippen LogP contribution in [-0.4, -0.2) is 15.7 Å². The molecule has 0 unspecified atom stereocenters. The Morgan fingerprint density at radius 1 is 1.00 bits per heavy atom. The number of carbonyl (C=O) groups excluding carboxylic acids is 1. The highest BCUT2D eigenvalue weighted by molar-refractivity contribution is 6.31. The molecular weight excluding hydrogens is 370 g/mol. The molecule has 1 amide bonds. The summed E-state index contributed by atoms with van der Waals surface area (Å²) in [5, 5.41) is 9.32. The Labute approximate surface area is 168 Å². The summed E-state index contributed by atoms with van der Waals surface area (Å²) in [6, 6.07) is 21.5. The van der Waals surface area contributed by atoms with Gasteiger partial charge in [-0.05, 0) is 43.2 Å². The van der Waals surface area contributed by atoms with Crippen LogP contribution in [0.3, 0.4) is 0 Å². The van der Waals surface area contributed by atoms with E-state index in [-0.39, 0.29) is 12.5 Å². The zero-order valence-electron chi connectivity index (χ0n) is 15.7. The third-order valence-electron chi connectivity index (χ3n) is 4.80. The van der Waals surface area contributed by atoms with E-state index < -0.39 is 0 Å². The van der Waals surface area contributed by atoms with Crippen molar-refractivity contribution in [3.63, 3.8) is 0 Å². The number of halogens is 1. The van der Waals surface area contributed by atoms with Crippen LogP contribution in [0.4, 0.5) is 5.69 Å². The summed E-state index contributed by atoms with van der Waals surface area (Å²) in [6.45, 7) is 4.10. The highest BCUT2D eigenvalue weighted by Gasteiger charge is 2.15. The fraction of sp³-hybridized carbons (Fsp3) is 0.130. The van der Waals surface area contributed by atoms with E-state index in [2.05, 4.69) is 5.32 Å². The van der Waals surface area contributed by atoms with Gasteiger partial charge >= 0.3 is 0 Å². The van der Waals surface area contributed by atoms with Crippen molar-refractivity contribution in [2.24, 2.45) is 0 Å². The summed E-state index contributed by atoms with van der Waals surface area (Å²) in [5.74, 6) is -0.114. The van der Waals surface area contributed by atoms with E-state index in [1.807, 2.05) is 80.6 Å². The first kappa shape index (κ1) is 18.3. The number of nitrogens with zero attached hydrogens (tertiary/aromatic N) is 2. The number of hydrogen-bond donors (Lipinski definition) is 1. The summed E-state index contributed by atoms with van der Waals surface area (Å²) < 4.78 is 1.73. The van der Waals surface area contributed by atoms with Crippen LogP contribution in [-0.2, 0) is 11.3 Å². The molecule has 28 heavy (non-hydrogen) atoms. The van der Waals surface area contributed by atoms with Gasteiger partial charge in [-0.25, -0.2) is 0 Å². The molecule has 1 N–H and O–H groups in total. The Hall–Kier alpha value is -3.11. The van der Waals surface area contributed by atoms with Crippen molar-refractivity contribution in [2.45, 2.75) is 20.4 Å². The van der Waals surface area contributed by atoms with Gasteiger partial charge in [-0.1, -0.05) is 60.1 Å². The number of benzene rings is 3. The predicted molar refractivity (Wildman–Crippen MR) is 115 cm³/mol. The van der Waals surface area contributed by atoms with Crippen molar-refractivity contribution in [1.29, 1.82) is 0 Å².